The van der Waals surface area contributed by atoms with Crippen LogP contribution in [0.3, 0.4) is 0 Å². The average Bonchev–Trinajstić information content (AvgIpc) is 2.78. The van der Waals surface area contributed by atoms with Crippen LogP contribution >= 0.6 is 11.3 Å². The fourth-order valence-electron chi connectivity index (χ4n) is 1.22. The van der Waals surface area contributed by atoms with E-state index in [0.717, 1.165) is 23.8 Å². The lowest BCUT2D eigenvalue weighted by molar-refractivity contribution is 0.0697. The lowest BCUT2D eigenvalue weighted by atomic mass is 10.3. The predicted octanol–water partition coefficient (Wildman–Crippen LogP) is 1.15. The minimum Gasteiger partial charge on any atom is -0.478 e. The van der Waals surface area contributed by atoms with Gasteiger partial charge in [0, 0.05) is 25.6 Å². The van der Waals surface area contributed by atoms with E-state index < -0.39 is 16.0 Å². The summed E-state index contributed by atoms with van der Waals surface area (Å²) < 4.78 is 30.8. The fraction of sp³-hybridized carbons (Fsp3) is 0.500. The normalized spacial score (nSPS) is 11.6. The maximum atomic E-state index is 11.8. The van der Waals surface area contributed by atoms with E-state index in [0.29, 0.717) is 19.6 Å². The number of carboxylic acids is 1. The summed E-state index contributed by atoms with van der Waals surface area (Å²) in [5, 5.41) is 10.0. The van der Waals surface area contributed by atoms with Crippen LogP contribution in [-0.4, -0.2) is 39.8 Å². The van der Waals surface area contributed by atoms with Gasteiger partial charge in [-0.1, -0.05) is 0 Å². The Morgan fingerprint density at radius 1 is 1.50 bits per heavy atom. The van der Waals surface area contributed by atoms with Crippen LogP contribution in [0.15, 0.2) is 15.7 Å². The van der Waals surface area contributed by atoms with E-state index in [1.54, 1.807) is 7.11 Å². The number of unbranched alkanes of at least 4 members (excludes halogenated alkanes) is 1. The molecule has 0 saturated carbocycles. The van der Waals surface area contributed by atoms with Gasteiger partial charge >= 0.3 is 5.97 Å². The van der Waals surface area contributed by atoms with Gasteiger partial charge in [-0.3, -0.25) is 0 Å². The third-order valence-corrected chi connectivity index (χ3v) is 5.06. The van der Waals surface area contributed by atoms with Crippen molar-refractivity contribution in [2.45, 2.75) is 17.1 Å². The molecular formula is C10H15NO5S2. The monoisotopic (exact) mass is 293 g/mol. The van der Waals surface area contributed by atoms with E-state index in [1.807, 2.05) is 0 Å². The van der Waals surface area contributed by atoms with Crippen molar-refractivity contribution < 1.29 is 23.1 Å². The van der Waals surface area contributed by atoms with Crippen LogP contribution in [0.4, 0.5) is 0 Å². The molecule has 102 valence electrons. The Bertz CT molecular complexity index is 494. The van der Waals surface area contributed by atoms with Crippen LogP contribution in [-0.2, 0) is 14.8 Å². The van der Waals surface area contributed by atoms with E-state index >= 15 is 0 Å². The van der Waals surface area contributed by atoms with Gasteiger partial charge in [-0.2, -0.15) is 0 Å². The number of sulfonamides is 1. The zero-order chi connectivity index (χ0) is 13.6. The van der Waals surface area contributed by atoms with E-state index in [-0.39, 0.29) is 9.77 Å². The maximum absolute atomic E-state index is 11.8. The first-order valence-electron chi connectivity index (χ1n) is 5.28. The third kappa shape index (κ3) is 4.37. The molecule has 0 atom stereocenters. The smallest absolute Gasteiger partial charge is 0.336 e. The first-order valence-corrected chi connectivity index (χ1v) is 7.64. The molecule has 8 heteroatoms. The van der Waals surface area contributed by atoms with Gasteiger partial charge < -0.3 is 9.84 Å². The standard InChI is InChI=1S/C10H15NO5S2/c1-16-5-3-2-4-11-18(14,15)9-6-8(7-17-9)10(12)13/h6-7,11H,2-5H2,1H3,(H,12,13). The first kappa shape index (κ1) is 15.1. The highest BCUT2D eigenvalue weighted by Crippen LogP contribution is 2.19. The van der Waals surface area contributed by atoms with E-state index in [1.165, 1.54) is 5.38 Å². The number of nitrogens with one attached hydrogen (secondary N) is 1. The number of aromatic carboxylic acids is 1. The predicted molar refractivity (Wildman–Crippen MR) is 67.6 cm³/mol. The summed E-state index contributed by atoms with van der Waals surface area (Å²) in [6, 6.07) is 1.16. The highest BCUT2D eigenvalue weighted by atomic mass is 32.2. The SMILES string of the molecule is COCCCCNS(=O)(=O)c1cc(C(=O)O)cs1. The van der Waals surface area contributed by atoms with Gasteiger partial charge in [-0.05, 0) is 18.9 Å². The van der Waals surface area contributed by atoms with Gasteiger partial charge in [0.1, 0.15) is 4.21 Å². The van der Waals surface area contributed by atoms with Crippen molar-refractivity contribution in [3.63, 3.8) is 0 Å². The van der Waals surface area contributed by atoms with Crippen LogP contribution in [0.25, 0.3) is 0 Å². The molecule has 0 aromatic carbocycles. The number of ether oxygens (including phenoxy) is 1. The minimum absolute atomic E-state index is 0.0141. The second kappa shape index (κ2) is 6.83. The molecule has 0 unspecified atom stereocenters. The molecule has 1 aromatic heterocycles. The number of carboxylic acid groups (broad SMARTS) is 1. The number of hydrogen-bond donors (Lipinski definition) is 2. The van der Waals surface area contributed by atoms with Crippen molar-refractivity contribution in [1.29, 1.82) is 0 Å². The van der Waals surface area contributed by atoms with E-state index in [2.05, 4.69) is 4.72 Å². The minimum atomic E-state index is -3.60. The number of rotatable bonds is 8. The Morgan fingerprint density at radius 2 is 2.22 bits per heavy atom. The Labute approximate surface area is 110 Å². The Kier molecular flexibility index (Phi) is 5.73. The molecule has 0 saturated heterocycles. The van der Waals surface area contributed by atoms with Crippen molar-refractivity contribution in [1.82, 2.24) is 4.72 Å². The molecule has 0 bridgehead atoms. The second-order valence-electron chi connectivity index (χ2n) is 3.56. The summed E-state index contributed by atoms with van der Waals surface area (Å²) in [7, 11) is -2.01. The van der Waals surface area contributed by atoms with Gasteiger partial charge in [-0.25, -0.2) is 17.9 Å². The van der Waals surface area contributed by atoms with Crippen LogP contribution in [0, 0.1) is 0 Å². The molecule has 0 fully saturated rings. The molecule has 0 radical (unpaired) electrons. The van der Waals surface area contributed by atoms with Crippen LogP contribution in [0.2, 0.25) is 0 Å². The molecule has 0 aliphatic carbocycles. The van der Waals surface area contributed by atoms with E-state index in [4.69, 9.17) is 9.84 Å². The van der Waals surface area contributed by atoms with Crippen molar-refractivity contribution in [3.8, 4) is 0 Å². The highest BCUT2D eigenvalue weighted by molar-refractivity contribution is 7.91. The van der Waals surface area contributed by atoms with Crippen molar-refractivity contribution in [3.05, 3.63) is 17.0 Å². The summed E-state index contributed by atoms with van der Waals surface area (Å²) in [6.07, 6.45) is 1.44. The van der Waals surface area contributed by atoms with Crippen molar-refractivity contribution in [2.24, 2.45) is 0 Å². The molecule has 1 aromatic rings. The topological polar surface area (TPSA) is 92.7 Å². The molecule has 6 nitrogen and oxygen atoms in total. The number of hydrogen-bond acceptors (Lipinski definition) is 5. The van der Waals surface area contributed by atoms with Gasteiger partial charge in [-0.15, -0.1) is 11.3 Å². The lowest BCUT2D eigenvalue weighted by Gasteiger charge is -2.04. The molecular weight excluding hydrogens is 278 g/mol. The Morgan fingerprint density at radius 3 is 2.78 bits per heavy atom. The lowest BCUT2D eigenvalue weighted by Crippen LogP contribution is -2.24. The van der Waals surface area contributed by atoms with Gasteiger partial charge in [0.05, 0.1) is 5.56 Å². The van der Waals surface area contributed by atoms with Crippen molar-refractivity contribution in [2.75, 3.05) is 20.3 Å². The fourth-order valence-corrected chi connectivity index (χ4v) is 3.49. The maximum Gasteiger partial charge on any atom is 0.336 e. The quantitative estimate of drug-likeness (QED) is 0.701. The molecule has 2 N–H and O–H groups in total. The number of methoxy groups -OCH3 is 1. The molecule has 0 aliphatic heterocycles. The molecule has 1 rings (SSSR count). The van der Waals surface area contributed by atoms with Gasteiger partial charge in [0.25, 0.3) is 0 Å². The Balaban J connectivity index is 2.54. The molecule has 0 amide bonds. The van der Waals surface area contributed by atoms with E-state index in [9.17, 15) is 13.2 Å². The second-order valence-corrected chi connectivity index (χ2v) is 6.46. The number of thiophene rings is 1. The zero-order valence-corrected chi connectivity index (χ0v) is 11.5. The molecule has 0 spiro atoms. The summed E-state index contributed by atoms with van der Waals surface area (Å²) in [4.78, 5) is 10.7. The molecule has 0 aliphatic rings. The van der Waals surface area contributed by atoms with Crippen LogP contribution < -0.4 is 4.72 Å². The molecule has 18 heavy (non-hydrogen) atoms. The highest BCUT2D eigenvalue weighted by Gasteiger charge is 2.18. The Hall–Kier alpha value is -0.960. The largest absolute Gasteiger partial charge is 0.478 e. The van der Waals surface area contributed by atoms with Gasteiger partial charge in [0.2, 0.25) is 10.0 Å². The average molecular weight is 293 g/mol. The zero-order valence-electron chi connectivity index (χ0n) is 9.88. The van der Waals surface area contributed by atoms with Crippen molar-refractivity contribution >= 4 is 27.3 Å². The summed E-state index contributed by atoms with van der Waals surface area (Å²) in [5.41, 5.74) is -0.0141. The summed E-state index contributed by atoms with van der Waals surface area (Å²) >= 11 is 0.897. The van der Waals surface area contributed by atoms with Crippen LogP contribution in [0.5, 0.6) is 0 Å². The van der Waals surface area contributed by atoms with Crippen LogP contribution in [0.1, 0.15) is 23.2 Å². The first-order chi connectivity index (χ1) is 8.47. The molecule has 1 heterocycles. The van der Waals surface area contributed by atoms with Gasteiger partial charge in [0.15, 0.2) is 0 Å². The number of carbonyl (C=O) groups is 1. The summed E-state index contributed by atoms with van der Waals surface area (Å²) in [5.74, 6) is -1.13. The summed E-state index contributed by atoms with van der Waals surface area (Å²) in [6.45, 7) is 0.899. The third-order valence-electron chi connectivity index (χ3n) is 2.15.